The van der Waals surface area contributed by atoms with Crippen LogP contribution in [0.1, 0.15) is 32.8 Å². The maximum atomic E-state index is 14.0. The van der Waals surface area contributed by atoms with Gasteiger partial charge in [-0.15, -0.1) is 0 Å². The van der Waals surface area contributed by atoms with Gasteiger partial charge in [0.25, 0.3) is 10.0 Å². The van der Waals surface area contributed by atoms with Gasteiger partial charge in [0.05, 0.1) is 17.7 Å². The highest BCUT2D eigenvalue weighted by atomic mass is 35.5. The van der Waals surface area contributed by atoms with Crippen LogP contribution >= 0.6 is 34.8 Å². The Bertz CT molecular complexity index is 1470. The number of amides is 2. The number of benzene rings is 3. The topological polar surface area (TPSA) is 96.0 Å². The van der Waals surface area contributed by atoms with E-state index in [0.717, 1.165) is 4.31 Å². The molecular weight excluding hydrogens is 609 g/mol. The van der Waals surface area contributed by atoms with Crippen LogP contribution in [0.2, 0.25) is 15.1 Å². The lowest BCUT2D eigenvalue weighted by atomic mass is 10.1. The first-order valence-electron chi connectivity index (χ1n) is 12.8. The fraction of sp³-hybridized carbons (Fsp3) is 0.310. The maximum absolute atomic E-state index is 14.0. The number of methoxy groups -OCH3 is 1. The molecule has 0 fully saturated rings. The molecule has 0 heterocycles. The van der Waals surface area contributed by atoms with Gasteiger partial charge in [-0.2, -0.15) is 0 Å². The minimum absolute atomic E-state index is 0.0608. The van der Waals surface area contributed by atoms with Crippen molar-refractivity contribution in [3.8, 4) is 5.75 Å². The Morgan fingerprint density at radius 3 is 2.12 bits per heavy atom. The molecule has 0 unspecified atom stereocenters. The average molecular weight is 641 g/mol. The van der Waals surface area contributed by atoms with Gasteiger partial charge >= 0.3 is 0 Å². The third-order valence-corrected chi connectivity index (χ3v) is 9.31. The summed E-state index contributed by atoms with van der Waals surface area (Å²) >= 11 is 19.0. The second-order valence-corrected chi connectivity index (χ2v) is 12.5. The van der Waals surface area contributed by atoms with Crippen molar-refractivity contribution in [2.24, 2.45) is 0 Å². The van der Waals surface area contributed by atoms with Gasteiger partial charge in [0.2, 0.25) is 11.8 Å². The normalized spacial score (nSPS) is 12.8. The minimum atomic E-state index is -4.26. The van der Waals surface area contributed by atoms with Crippen molar-refractivity contribution in [1.82, 2.24) is 10.2 Å². The number of hydrogen-bond acceptors (Lipinski definition) is 5. The molecule has 0 aromatic heterocycles. The van der Waals surface area contributed by atoms with E-state index < -0.39 is 34.4 Å². The van der Waals surface area contributed by atoms with Gasteiger partial charge in [0.15, 0.2) is 0 Å². The molecule has 12 heteroatoms. The fourth-order valence-electron chi connectivity index (χ4n) is 3.94. The molecule has 3 aromatic carbocycles. The molecule has 41 heavy (non-hydrogen) atoms. The second kappa shape index (κ2) is 14.3. The lowest BCUT2D eigenvalue weighted by Gasteiger charge is -2.33. The van der Waals surface area contributed by atoms with Gasteiger partial charge in [-0.25, -0.2) is 8.42 Å². The molecule has 3 aromatic rings. The van der Waals surface area contributed by atoms with Crippen molar-refractivity contribution in [3.63, 3.8) is 0 Å². The highest BCUT2D eigenvalue weighted by molar-refractivity contribution is 7.92. The standard InChI is InChI=1S/C29H32Cl3N3O5S/c1-5-19(2)33-29(37)20(3)34(17-25-26(31)10-7-11-27(25)32)28(36)18-35(22-9-6-8-21(30)16-22)41(38,39)24-14-12-23(40-4)13-15-24/h6-16,19-20H,5,17-18H2,1-4H3,(H,33,37)/t19-,20-/m0/s1. The summed E-state index contributed by atoms with van der Waals surface area (Å²) < 4.78 is 33.9. The van der Waals surface area contributed by atoms with E-state index >= 15 is 0 Å². The van der Waals surface area contributed by atoms with Crippen molar-refractivity contribution >= 4 is 62.3 Å². The van der Waals surface area contributed by atoms with Crippen LogP contribution in [-0.2, 0) is 26.2 Å². The van der Waals surface area contributed by atoms with Crippen LogP contribution in [0.4, 0.5) is 5.69 Å². The highest BCUT2D eigenvalue weighted by Crippen LogP contribution is 2.29. The monoisotopic (exact) mass is 639 g/mol. The van der Waals surface area contributed by atoms with Gasteiger partial charge < -0.3 is 15.0 Å². The van der Waals surface area contributed by atoms with E-state index in [-0.39, 0.29) is 28.2 Å². The maximum Gasteiger partial charge on any atom is 0.264 e. The van der Waals surface area contributed by atoms with Gasteiger partial charge in [-0.3, -0.25) is 13.9 Å². The summed E-state index contributed by atoms with van der Waals surface area (Å²) in [6.45, 7) is 4.59. The van der Waals surface area contributed by atoms with Crippen LogP contribution in [0.3, 0.4) is 0 Å². The van der Waals surface area contributed by atoms with Crippen molar-refractivity contribution in [3.05, 3.63) is 87.4 Å². The summed E-state index contributed by atoms with van der Waals surface area (Å²) in [4.78, 5) is 28.4. The summed E-state index contributed by atoms with van der Waals surface area (Å²) in [5.41, 5.74) is 0.605. The molecule has 0 saturated heterocycles. The number of halogens is 3. The van der Waals surface area contributed by atoms with Gasteiger partial charge in [0.1, 0.15) is 18.3 Å². The molecule has 220 valence electrons. The summed E-state index contributed by atoms with van der Waals surface area (Å²) in [7, 11) is -2.79. The number of nitrogens with one attached hydrogen (secondary N) is 1. The van der Waals surface area contributed by atoms with E-state index in [9.17, 15) is 18.0 Å². The Labute approximate surface area is 256 Å². The first-order chi connectivity index (χ1) is 19.4. The van der Waals surface area contributed by atoms with E-state index in [0.29, 0.717) is 27.8 Å². The SMILES string of the molecule is CC[C@H](C)NC(=O)[C@H](C)N(Cc1c(Cl)cccc1Cl)C(=O)CN(c1cccc(Cl)c1)S(=O)(=O)c1ccc(OC)cc1. The molecule has 0 spiro atoms. The van der Waals surface area contributed by atoms with Crippen LogP contribution in [0.15, 0.2) is 71.6 Å². The molecule has 8 nitrogen and oxygen atoms in total. The molecule has 0 saturated carbocycles. The Morgan fingerprint density at radius 2 is 1.56 bits per heavy atom. The number of anilines is 1. The van der Waals surface area contributed by atoms with Crippen molar-refractivity contribution in [2.75, 3.05) is 18.0 Å². The number of hydrogen-bond donors (Lipinski definition) is 1. The van der Waals surface area contributed by atoms with Crippen molar-refractivity contribution < 1.29 is 22.7 Å². The molecular formula is C29H32Cl3N3O5S. The highest BCUT2D eigenvalue weighted by Gasteiger charge is 2.33. The molecule has 0 aliphatic carbocycles. The number of carbonyl (C=O) groups is 2. The van der Waals surface area contributed by atoms with Crippen molar-refractivity contribution in [1.29, 1.82) is 0 Å². The Kier molecular flexibility index (Phi) is 11.3. The quantitative estimate of drug-likeness (QED) is 0.255. The van der Waals surface area contributed by atoms with E-state index in [1.54, 1.807) is 37.3 Å². The predicted octanol–water partition coefficient (Wildman–Crippen LogP) is 6.18. The Morgan fingerprint density at radius 1 is 0.951 bits per heavy atom. The molecule has 2 atom stereocenters. The molecule has 2 amide bonds. The first kappa shape index (κ1) is 32.5. The van der Waals surface area contributed by atoms with Crippen LogP contribution in [0.5, 0.6) is 5.75 Å². The number of ether oxygens (including phenoxy) is 1. The lowest BCUT2D eigenvalue weighted by molar-refractivity contribution is -0.139. The smallest absolute Gasteiger partial charge is 0.264 e. The van der Waals surface area contributed by atoms with E-state index in [4.69, 9.17) is 39.5 Å². The van der Waals surface area contributed by atoms with E-state index in [1.165, 1.54) is 48.4 Å². The number of carbonyl (C=O) groups excluding carboxylic acids is 2. The number of rotatable bonds is 12. The van der Waals surface area contributed by atoms with Gasteiger partial charge in [-0.1, -0.05) is 53.9 Å². The molecule has 0 radical (unpaired) electrons. The van der Waals surface area contributed by atoms with Crippen LogP contribution < -0.4 is 14.4 Å². The first-order valence-corrected chi connectivity index (χ1v) is 15.4. The number of nitrogens with zero attached hydrogens (tertiary/aromatic N) is 2. The van der Waals surface area contributed by atoms with E-state index in [1.807, 2.05) is 13.8 Å². The summed E-state index contributed by atoms with van der Waals surface area (Å²) in [5.74, 6) is -0.577. The zero-order chi connectivity index (χ0) is 30.3. The largest absolute Gasteiger partial charge is 0.497 e. The minimum Gasteiger partial charge on any atom is -0.497 e. The van der Waals surface area contributed by atoms with Gasteiger partial charge in [-0.05, 0) is 74.9 Å². The van der Waals surface area contributed by atoms with Crippen LogP contribution in [-0.4, -0.2) is 50.9 Å². The van der Waals surface area contributed by atoms with E-state index in [2.05, 4.69) is 5.32 Å². The van der Waals surface area contributed by atoms with Gasteiger partial charge in [0, 0.05) is 33.2 Å². The van der Waals surface area contributed by atoms with Crippen LogP contribution in [0, 0.1) is 0 Å². The van der Waals surface area contributed by atoms with Crippen molar-refractivity contribution in [2.45, 2.75) is 50.7 Å². The molecule has 1 N–H and O–H groups in total. The summed E-state index contributed by atoms with van der Waals surface area (Å²) in [6.07, 6.45) is 0.686. The fourth-order valence-corrected chi connectivity index (χ4v) is 6.04. The molecule has 0 bridgehead atoms. The zero-order valence-corrected chi connectivity index (χ0v) is 26.2. The lowest BCUT2D eigenvalue weighted by Crippen LogP contribution is -2.52. The second-order valence-electron chi connectivity index (χ2n) is 9.38. The Balaban J connectivity index is 2.07. The molecule has 0 aliphatic rings. The molecule has 3 rings (SSSR count). The van der Waals surface area contributed by atoms with Crippen LogP contribution in [0.25, 0.3) is 0 Å². The third-order valence-electron chi connectivity index (χ3n) is 6.58. The molecule has 0 aliphatic heterocycles. The third kappa shape index (κ3) is 8.07. The average Bonchev–Trinajstić information content (AvgIpc) is 2.95. The zero-order valence-electron chi connectivity index (χ0n) is 23.1. The summed E-state index contributed by atoms with van der Waals surface area (Å²) in [6, 6.07) is 15.8. The summed E-state index contributed by atoms with van der Waals surface area (Å²) in [5, 5.41) is 3.78. The predicted molar refractivity (Wildman–Crippen MR) is 163 cm³/mol. The Hall–Kier alpha value is -2.98. The number of sulfonamides is 1.